The first-order valence-corrected chi connectivity index (χ1v) is 8.41. The Hall–Kier alpha value is -1.51. The van der Waals surface area contributed by atoms with Gasteiger partial charge in [-0.3, -0.25) is 0 Å². The van der Waals surface area contributed by atoms with Crippen molar-refractivity contribution in [3.8, 4) is 5.75 Å². The standard InChI is InChI=1S/C13H13F2NO3S2/c14-13(15)19-11-5-1-2-6-12(11)21(17,18)16-8-7-10-4-3-9-20-10/h1-6,9,13,16H,7-8H2. The van der Waals surface area contributed by atoms with Crippen LogP contribution in [-0.4, -0.2) is 21.6 Å². The fourth-order valence-electron chi connectivity index (χ4n) is 1.71. The van der Waals surface area contributed by atoms with E-state index in [1.165, 1.54) is 35.6 Å². The lowest BCUT2D eigenvalue weighted by atomic mass is 10.3. The van der Waals surface area contributed by atoms with Gasteiger partial charge in [-0.1, -0.05) is 18.2 Å². The van der Waals surface area contributed by atoms with Gasteiger partial charge in [0, 0.05) is 11.4 Å². The summed E-state index contributed by atoms with van der Waals surface area (Å²) in [6.07, 6.45) is 0.536. The molecule has 0 unspecified atom stereocenters. The van der Waals surface area contributed by atoms with Gasteiger partial charge in [0.1, 0.15) is 10.6 Å². The number of halogens is 2. The first-order chi connectivity index (χ1) is 9.99. The Morgan fingerprint density at radius 1 is 1.19 bits per heavy atom. The summed E-state index contributed by atoms with van der Waals surface area (Å²) in [7, 11) is -3.89. The molecule has 0 amide bonds. The molecule has 21 heavy (non-hydrogen) atoms. The molecule has 4 nitrogen and oxygen atoms in total. The molecule has 114 valence electrons. The summed E-state index contributed by atoms with van der Waals surface area (Å²) < 4.78 is 55.5. The highest BCUT2D eigenvalue weighted by Crippen LogP contribution is 2.24. The van der Waals surface area contributed by atoms with Crippen molar-refractivity contribution in [2.24, 2.45) is 0 Å². The van der Waals surface area contributed by atoms with Gasteiger partial charge in [0.05, 0.1) is 0 Å². The smallest absolute Gasteiger partial charge is 0.387 e. The predicted octanol–water partition coefficient (Wildman–Crippen LogP) is 2.87. The fourth-order valence-corrected chi connectivity index (χ4v) is 3.58. The first-order valence-electron chi connectivity index (χ1n) is 6.05. The van der Waals surface area contributed by atoms with Crippen LogP contribution in [0, 0.1) is 0 Å². The van der Waals surface area contributed by atoms with Crippen molar-refractivity contribution in [2.45, 2.75) is 17.9 Å². The zero-order chi connectivity index (χ0) is 15.3. The SMILES string of the molecule is O=S(=O)(NCCc1cccs1)c1ccccc1OC(F)F. The van der Waals surface area contributed by atoms with E-state index in [-0.39, 0.29) is 17.2 Å². The lowest BCUT2D eigenvalue weighted by Gasteiger charge is -2.11. The summed E-state index contributed by atoms with van der Waals surface area (Å²) >= 11 is 1.52. The second-order valence-corrected chi connectivity index (χ2v) is 6.82. The molecule has 1 heterocycles. The van der Waals surface area contributed by atoms with Crippen molar-refractivity contribution in [2.75, 3.05) is 6.54 Å². The molecule has 1 N–H and O–H groups in total. The van der Waals surface area contributed by atoms with Crippen LogP contribution in [0.5, 0.6) is 5.75 Å². The van der Waals surface area contributed by atoms with Gasteiger partial charge in [0.25, 0.3) is 0 Å². The lowest BCUT2D eigenvalue weighted by Crippen LogP contribution is -2.26. The van der Waals surface area contributed by atoms with Crippen LogP contribution in [0.3, 0.4) is 0 Å². The maximum atomic E-state index is 12.3. The molecule has 0 saturated carbocycles. The highest BCUT2D eigenvalue weighted by Gasteiger charge is 2.20. The normalized spacial score (nSPS) is 11.8. The Labute approximate surface area is 125 Å². The quantitative estimate of drug-likeness (QED) is 0.848. The summed E-state index contributed by atoms with van der Waals surface area (Å²) in [5.74, 6) is -0.365. The third-order valence-corrected chi connectivity index (χ3v) is 5.03. The van der Waals surface area contributed by atoms with Crippen molar-refractivity contribution in [1.29, 1.82) is 0 Å². The molecule has 0 spiro atoms. The van der Waals surface area contributed by atoms with Gasteiger partial charge in [-0.15, -0.1) is 11.3 Å². The predicted molar refractivity (Wildman–Crippen MR) is 76.3 cm³/mol. The first kappa shape index (κ1) is 15.9. The monoisotopic (exact) mass is 333 g/mol. The summed E-state index contributed by atoms with van der Waals surface area (Å²) in [4.78, 5) is 0.742. The largest absolute Gasteiger partial charge is 0.433 e. The second kappa shape index (κ2) is 6.97. The van der Waals surface area contributed by atoms with Crippen molar-refractivity contribution >= 4 is 21.4 Å². The molecular weight excluding hydrogens is 320 g/mol. The van der Waals surface area contributed by atoms with Gasteiger partial charge in [-0.2, -0.15) is 8.78 Å². The van der Waals surface area contributed by atoms with Crippen LogP contribution in [0.2, 0.25) is 0 Å². The number of ether oxygens (including phenoxy) is 1. The Balaban J connectivity index is 2.08. The highest BCUT2D eigenvalue weighted by molar-refractivity contribution is 7.89. The van der Waals surface area contributed by atoms with E-state index in [0.29, 0.717) is 6.42 Å². The summed E-state index contributed by atoms with van der Waals surface area (Å²) in [5, 5.41) is 1.90. The molecule has 0 aliphatic heterocycles. The Kier molecular flexibility index (Phi) is 5.27. The van der Waals surface area contributed by atoms with Gasteiger partial charge in [-0.05, 0) is 30.0 Å². The molecule has 0 fully saturated rings. The maximum Gasteiger partial charge on any atom is 0.387 e. The van der Waals surface area contributed by atoms with E-state index in [1.807, 2.05) is 17.5 Å². The van der Waals surface area contributed by atoms with Gasteiger partial charge < -0.3 is 4.74 Å². The minimum Gasteiger partial charge on any atom is -0.433 e. The molecular formula is C13H13F2NO3S2. The number of benzene rings is 1. The van der Waals surface area contributed by atoms with Gasteiger partial charge in [0.2, 0.25) is 10.0 Å². The van der Waals surface area contributed by atoms with E-state index in [9.17, 15) is 17.2 Å². The van der Waals surface area contributed by atoms with Crippen LogP contribution in [0.4, 0.5) is 8.78 Å². The molecule has 0 radical (unpaired) electrons. The van der Waals surface area contributed by atoms with Crippen LogP contribution >= 0.6 is 11.3 Å². The molecule has 0 bridgehead atoms. The third-order valence-electron chi connectivity index (χ3n) is 2.60. The van der Waals surface area contributed by atoms with Crippen molar-refractivity contribution in [1.82, 2.24) is 4.72 Å². The molecule has 1 aromatic carbocycles. The van der Waals surface area contributed by atoms with E-state index in [1.54, 1.807) is 0 Å². The van der Waals surface area contributed by atoms with Crippen LogP contribution in [0.25, 0.3) is 0 Å². The molecule has 0 aliphatic carbocycles. The lowest BCUT2D eigenvalue weighted by molar-refractivity contribution is -0.0517. The minimum absolute atomic E-state index is 0.186. The van der Waals surface area contributed by atoms with E-state index >= 15 is 0 Å². The maximum absolute atomic E-state index is 12.3. The number of nitrogens with one attached hydrogen (secondary N) is 1. The number of para-hydroxylation sites is 1. The number of sulfonamides is 1. The number of rotatable bonds is 7. The van der Waals surface area contributed by atoms with Crippen LogP contribution in [0.1, 0.15) is 4.88 Å². The van der Waals surface area contributed by atoms with E-state index in [2.05, 4.69) is 9.46 Å². The molecule has 0 atom stereocenters. The number of hydrogen-bond donors (Lipinski definition) is 1. The van der Waals surface area contributed by atoms with Gasteiger partial charge in [0.15, 0.2) is 0 Å². The average molecular weight is 333 g/mol. The van der Waals surface area contributed by atoms with Crippen molar-refractivity contribution in [3.05, 3.63) is 46.7 Å². The van der Waals surface area contributed by atoms with Crippen LogP contribution in [0.15, 0.2) is 46.7 Å². The van der Waals surface area contributed by atoms with Crippen LogP contribution in [-0.2, 0) is 16.4 Å². The average Bonchev–Trinajstić information content (AvgIpc) is 2.91. The highest BCUT2D eigenvalue weighted by atomic mass is 32.2. The Morgan fingerprint density at radius 3 is 2.62 bits per heavy atom. The van der Waals surface area contributed by atoms with E-state index < -0.39 is 16.6 Å². The molecule has 0 aliphatic rings. The topological polar surface area (TPSA) is 55.4 Å². The zero-order valence-corrected chi connectivity index (χ0v) is 12.5. The summed E-state index contributed by atoms with van der Waals surface area (Å²) in [5.41, 5.74) is 0. The minimum atomic E-state index is -3.89. The van der Waals surface area contributed by atoms with Gasteiger partial charge in [-0.25, -0.2) is 13.1 Å². The Morgan fingerprint density at radius 2 is 1.95 bits per heavy atom. The summed E-state index contributed by atoms with van der Waals surface area (Å²) in [6.45, 7) is -2.89. The summed E-state index contributed by atoms with van der Waals surface area (Å²) in [6, 6.07) is 9.08. The molecule has 8 heteroatoms. The third kappa shape index (κ3) is 4.48. The number of alkyl halides is 2. The van der Waals surface area contributed by atoms with E-state index in [4.69, 9.17) is 0 Å². The number of hydrogen-bond acceptors (Lipinski definition) is 4. The molecule has 2 aromatic rings. The molecule has 2 rings (SSSR count). The van der Waals surface area contributed by atoms with Crippen molar-refractivity contribution in [3.63, 3.8) is 0 Å². The van der Waals surface area contributed by atoms with Crippen LogP contribution < -0.4 is 9.46 Å². The van der Waals surface area contributed by atoms with E-state index in [0.717, 1.165) is 4.88 Å². The molecule has 1 aromatic heterocycles. The molecule has 0 saturated heterocycles. The number of thiophene rings is 1. The van der Waals surface area contributed by atoms with Gasteiger partial charge >= 0.3 is 6.61 Å². The zero-order valence-electron chi connectivity index (χ0n) is 10.8. The fraction of sp³-hybridized carbons (Fsp3) is 0.231. The second-order valence-electron chi connectivity index (χ2n) is 4.05. The Bertz CT molecular complexity index is 672. The van der Waals surface area contributed by atoms with Crippen molar-refractivity contribution < 1.29 is 21.9 Å².